The number of rotatable bonds is 4. The fourth-order valence-corrected chi connectivity index (χ4v) is 2.97. The van der Waals surface area contributed by atoms with E-state index < -0.39 is 12.1 Å². The first-order valence-corrected chi connectivity index (χ1v) is 8.70. The van der Waals surface area contributed by atoms with E-state index in [2.05, 4.69) is 32.5 Å². The average Bonchev–Trinajstić information content (AvgIpc) is 3.13. The largest absolute Gasteiger partial charge is 0.490 e. The highest BCUT2D eigenvalue weighted by Gasteiger charge is 2.38. The number of hydrogen-bond acceptors (Lipinski definition) is 6. The van der Waals surface area contributed by atoms with Gasteiger partial charge in [0.15, 0.2) is 0 Å². The van der Waals surface area contributed by atoms with Crippen molar-refractivity contribution in [1.29, 1.82) is 0 Å². The van der Waals surface area contributed by atoms with Crippen LogP contribution in [0.2, 0.25) is 0 Å². The zero-order chi connectivity index (χ0) is 19.2. The molecule has 2 aromatic heterocycles. The molecule has 1 atom stereocenters. The lowest BCUT2D eigenvalue weighted by molar-refractivity contribution is -0.192. The molecule has 3 heterocycles. The van der Waals surface area contributed by atoms with Crippen LogP contribution in [0, 0.1) is 12.8 Å². The number of aliphatic carboxylic acids is 1. The zero-order valence-electron chi connectivity index (χ0n) is 14.0. The first-order chi connectivity index (χ1) is 12.3. The number of thiophene rings is 1. The van der Waals surface area contributed by atoms with E-state index in [0.717, 1.165) is 37.6 Å². The van der Waals surface area contributed by atoms with Gasteiger partial charge >= 0.3 is 12.1 Å². The van der Waals surface area contributed by atoms with E-state index in [1.165, 1.54) is 5.56 Å². The minimum absolute atomic E-state index is 0.445. The Morgan fingerprint density at radius 2 is 2.27 bits per heavy atom. The molecule has 1 aliphatic rings. The fourth-order valence-electron chi connectivity index (χ4n) is 2.30. The number of aryl methyl sites for hydroxylation is 1. The highest BCUT2D eigenvalue weighted by atomic mass is 32.1. The van der Waals surface area contributed by atoms with Gasteiger partial charge in [-0.1, -0.05) is 5.21 Å². The third kappa shape index (κ3) is 6.07. The van der Waals surface area contributed by atoms with Crippen LogP contribution < -0.4 is 5.32 Å². The third-order valence-electron chi connectivity index (χ3n) is 3.64. The van der Waals surface area contributed by atoms with E-state index in [-0.39, 0.29) is 0 Å². The molecule has 7 nitrogen and oxygen atoms in total. The van der Waals surface area contributed by atoms with E-state index in [1.54, 1.807) is 11.3 Å². The Bertz CT molecular complexity index is 704. The number of carboxylic acids is 1. The SMILES string of the molecule is Cc1nnn2c1COCC(CNCc1ccsc1)C2.O=C(O)C(F)(F)F. The van der Waals surface area contributed by atoms with Crippen LogP contribution >= 0.6 is 11.3 Å². The van der Waals surface area contributed by atoms with E-state index >= 15 is 0 Å². The summed E-state index contributed by atoms with van der Waals surface area (Å²) in [4.78, 5) is 8.90. The van der Waals surface area contributed by atoms with E-state index in [1.807, 2.05) is 11.6 Å². The Kier molecular flexibility index (Phi) is 7.12. The highest BCUT2D eigenvalue weighted by molar-refractivity contribution is 7.07. The molecule has 0 aliphatic carbocycles. The maximum atomic E-state index is 10.6. The lowest BCUT2D eigenvalue weighted by atomic mass is 10.1. The molecule has 0 spiro atoms. The maximum Gasteiger partial charge on any atom is 0.490 e. The number of ether oxygens (including phenoxy) is 1. The summed E-state index contributed by atoms with van der Waals surface area (Å²) in [5, 5.41) is 23.2. The van der Waals surface area contributed by atoms with Gasteiger partial charge in [-0.25, -0.2) is 9.48 Å². The van der Waals surface area contributed by atoms with Crippen molar-refractivity contribution < 1.29 is 27.8 Å². The van der Waals surface area contributed by atoms with Gasteiger partial charge in [0.2, 0.25) is 0 Å². The van der Waals surface area contributed by atoms with Gasteiger partial charge in [0.1, 0.15) is 0 Å². The highest BCUT2D eigenvalue weighted by Crippen LogP contribution is 2.15. The normalized spacial score (nSPS) is 17.0. The number of nitrogens with one attached hydrogen (secondary N) is 1. The van der Waals surface area contributed by atoms with Crippen LogP contribution in [0.25, 0.3) is 0 Å². The molecule has 0 saturated carbocycles. The Hall–Kier alpha value is -1.98. The molecule has 2 aromatic rings. The second kappa shape index (κ2) is 9.10. The standard InChI is InChI=1S/C13H18N4OS.C2HF3O2/c1-10-13-8-18-7-12(6-17(13)16-15-10)5-14-4-11-2-3-19-9-11;3-2(4,5)1(6)7/h2-3,9,12,14H,4-8H2,1H3;(H,6,7). The molecule has 2 N–H and O–H groups in total. The van der Waals surface area contributed by atoms with Gasteiger partial charge in [0, 0.05) is 25.6 Å². The van der Waals surface area contributed by atoms with Crippen LogP contribution in [0.3, 0.4) is 0 Å². The summed E-state index contributed by atoms with van der Waals surface area (Å²) in [6.45, 7) is 6.13. The van der Waals surface area contributed by atoms with Crippen LogP contribution in [-0.4, -0.2) is 45.4 Å². The van der Waals surface area contributed by atoms with Crippen molar-refractivity contribution in [3.8, 4) is 0 Å². The van der Waals surface area contributed by atoms with Gasteiger partial charge in [-0.2, -0.15) is 24.5 Å². The molecule has 0 saturated heterocycles. The molecule has 0 amide bonds. The lowest BCUT2D eigenvalue weighted by Crippen LogP contribution is -2.28. The minimum atomic E-state index is -5.08. The van der Waals surface area contributed by atoms with Gasteiger partial charge in [0.05, 0.1) is 24.6 Å². The molecule has 0 bridgehead atoms. The summed E-state index contributed by atoms with van der Waals surface area (Å²) in [6.07, 6.45) is -5.08. The number of hydrogen-bond donors (Lipinski definition) is 2. The number of carboxylic acid groups (broad SMARTS) is 1. The Balaban J connectivity index is 0.000000298. The van der Waals surface area contributed by atoms with Crippen molar-refractivity contribution in [3.63, 3.8) is 0 Å². The van der Waals surface area contributed by atoms with Crippen molar-refractivity contribution in [2.24, 2.45) is 5.92 Å². The predicted molar refractivity (Wildman–Crippen MR) is 87.6 cm³/mol. The summed E-state index contributed by atoms with van der Waals surface area (Å²) in [7, 11) is 0. The quantitative estimate of drug-likeness (QED) is 0.829. The summed E-state index contributed by atoms with van der Waals surface area (Å²) in [5.41, 5.74) is 3.43. The lowest BCUT2D eigenvalue weighted by Gasteiger charge is -2.14. The number of fused-ring (bicyclic) bond motifs is 1. The number of nitrogens with zero attached hydrogens (tertiary/aromatic N) is 3. The fraction of sp³-hybridized carbons (Fsp3) is 0.533. The van der Waals surface area contributed by atoms with Crippen molar-refractivity contribution in [3.05, 3.63) is 33.8 Å². The summed E-state index contributed by atoms with van der Waals surface area (Å²) < 4.78 is 39.4. The molecule has 26 heavy (non-hydrogen) atoms. The molecular weight excluding hydrogens is 373 g/mol. The van der Waals surface area contributed by atoms with E-state index in [4.69, 9.17) is 14.6 Å². The second-order valence-corrected chi connectivity index (χ2v) is 6.53. The van der Waals surface area contributed by atoms with Gasteiger partial charge < -0.3 is 15.2 Å². The Morgan fingerprint density at radius 1 is 1.54 bits per heavy atom. The molecule has 144 valence electrons. The van der Waals surface area contributed by atoms with Gasteiger partial charge in [-0.05, 0) is 29.3 Å². The predicted octanol–water partition coefficient (Wildman–Crippen LogP) is 2.22. The molecule has 0 fully saturated rings. The van der Waals surface area contributed by atoms with Crippen molar-refractivity contribution in [1.82, 2.24) is 20.3 Å². The van der Waals surface area contributed by atoms with Crippen LogP contribution in [0.5, 0.6) is 0 Å². The number of halogens is 3. The van der Waals surface area contributed by atoms with Crippen molar-refractivity contribution in [2.45, 2.75) is 32.8 Å². The number of aromatic nitrogens is 3. The van der Waals surface area contributed by atoms with Crippen LogP contribution in [0.4, 0.5) is 13.2 Å². The maximum absolute atomic E-state index is 10.6. The van der Waals surface area contributed by atoms with Gasteiger partial charge in [-0.15, -0.1) is 5.10 Å². The van der Waals surface area contributed by atoms with Crippen LogP contribution in [-0.2, 0) is 29.2 Å². The third-order valence-corrected chi connectivity index (χ3v) is 4.37. The molecule has 1 unspecified atom stereocenters. The Morgan fingerprint density at radius 3 is 2.88 bits per heavy atom. The molecule has 0 aromatic carbocycles. The van der Waals surface area contributed by atoms with E-state index in [0.29, 0.717) is 12.5 Å². The number of carbonyl (C=O) groups is 1. The topological polar surface area (TPSA) is 89.3 Å². The molecule has 3 rings (SSSR count). The van der Waals surface area contributed by atoms with Crippen LogP contribution in [0.1, 0.15) is 17.0 Å². The molecule has 11 heteroatoms. The Labute approximate surface area is 151 Å². The summed E-state index contributed by atoms with van der Waals surface area (Å²) in [5.74, 6) is -2.31. The summed E-state index contributed by atoms with van der Waals surface area (Å²) in [6, 6.07) is 2.15. The smallest absolute Gasteiger partial charge is 0.475 e. The molecule has 0 radical (unpaired) electrons. The second-order valence-electron chi connectivity index (χ2n) is 5.75. The first kappa shape index (κ1) is 20.3. The monoisotopic (exact) mass is 392 g/mol. The van der Waals surface area contributed by atoms with Gasteiger partial charge in [0.25, 0.3) is 0 Å². The average molecular weight is 392 g/mol. The van der Waals surface area contributed by atoms with Crippen LogP contribution in [0.15, 0.2) is 16.8 Å². The van der Waals surface area contributed by atoms with E-state index in [9.17, 15) is 13.2 Å². The zero-order valence-corrected chi connectivity index (χ0v) is 14.8. The minimum Gasteiger partial charge on any atom is -0.475 e. The molecule has 1 aliphatic heterocycles. The number of alkyl halides is 3. The first-order valence-electron chi connectivity index (χ1n) is 7.76. The molecular formula is C15H19F3N4O3S. The van der Waals surface area contributed by atoms with Gasteiger partial charge in [-0.3, -0.25) is 0 Å². The van der Waals surface area contributed by atoms with Crippen molar-refractivity contribution >= 4 is 17.3 Å². The van der Waals surface area contributed by atoms with Crippen molar-refractivity contribution in [2.75, 3.05) is 13.2 Å². The summed E-state index contributed by atoms with van der Waals surface area (Å²) >= 11 is 1.74.